The van der Waals surface area contributed by atoms with E-state index in [0.29, 0.717) is 0 Å². The molecule has 0 heterocycles. The molecule has 2 N–H and O–H groups in total. The van der Waals surface area contributed by atoms with E-state index < -0.39 is 0 Å². The van der Waals surface area contributed by atoms with Crippen molar-refractivity contribution in [3.05, 3.63) is 35.9 Å². The molecule has 0 aromatic heterocycles. The molecule has 90 valence electrons. The molecule has 0 bridgehead atoms. The van der Waals surface area contributed by atoms with Crippen LogP contribution < -0.4 is 5.73 Å². The van der Waals surface area contributed by atoms with E-state index in [-0.39, 0.29) is 5.96 Å². The van der Waals surface area contributed by atoms with Crippen LogP contribution in [-0.4, -0.2) is 30.2 Å². The first-order valence-electron chi connectivity index (χ1n) is 5.29. The highest BCUT2D eigenvalue weighted by Crippen LogP contribution is 2.11. The molecule has 0 saturated carbocycles. The van der Waals surface area contributed by atoms with E-state index in [0.717, 1.165) is 18.1 Å². The van der Waals surface area contributed by atoms with Gasteiger partial charge in [0.25, 0.3) is 0 Å². The van der Waals surface area contributed by atoms with E-state index in [2.05, 4.69) is 17.1 Å². The Morgan fingerprint density at radius 2 is 2.18 bits per heavy atom. The van der Waals surface area contributed by atoms with E-state index >= 15 is 0 Å². The third-order valence-corrected chi connectivity index (χ3v) is 3.25. The quantitative estimate of drug-likeness (QED) is 0.372. The van der Waals surface area contributed by atoms with Crippen LogP contribution in [0, 0.1) is 11.5 Å². The Morgan fingerprint density at radius 1 is 1.47 bits per heavy atom. The molecule has 0 aliphatic heterocycles. The molecule has 0 radical (unpaired) electrons. The zero-order valence-electron chi connectivity index (χ0n) is 9.84. The summed E-state index contributed by atoms with van der Waals surface area (Å²) in [7, 11) is 1.83. The van der Waals surface area contributed by atoms with Crippen LogP contribution >= 0.6 is 11.8 Å². The minimum Gasteiger partial charge on any atom is -0.369 e. The van der Waals surface area contributed by atoms with Crippen LogP contribution in [0.2, 0.25) is 0 Å². The van der Waals surface area contributed by atoms with Crippen molar-refractivity contribution in [1.29, 1.82) is 5.26 Å². The lowest BCUT2D eigenvalue weighted by Gasteiger charge is -2.16. The van der Waals surface area contributed by atoms with E-state index in [4.69, 9.17) is 11.0 Å². The highest BCUT2D eigenvalue weighted by Gasteiger charge is 2.01. The van der Waals surface area contributed by atoms with Crippen LogP contribution in [0.4, 0.5) is 0 Å². The Labute approximate surface area is 106 Å². The minimum atomic E-state index is 0.271. The van der Waals surface area contributed by atoms with E-state index in [1.54, 1.807) is 11.1 Å². The molecule has 0 spiro atoms. The Kier molecular flexibility index (Phi) is 5.97. The van der Waals surface area contributed by atoms with Gasteiger partial charge in [0.05, 0.1) is 0 Å². The van der Waals surface area contributed by atoms with Crippen LogP contribution in [-0.2, 0) is 5.75 Å². The first-order valence-corrected chi connectivity index (χ1v) is 6.44. The van der Waals surface area contributed by atoms with Crippen LogP contribution in [0.3, 0.4) is 0 Å². The van der Waals surface area contributed by atoms with Crippen molar-refractivity contribution in [3.63, 3.8) is 0 Å². The smallest absolute Gasteiger partial charge is 0.209 e. The SMILES string of the molecule is CN(CCSCc1ccccc1)C(N)=NC#N. The van der Waals surface area contributed by atoms with Gasteiger partial charge in [0.15, 0.2) is 0 Å². The number of guanidine groups is 1. The van der Waals surface area contributed by atoms with Gasteiger partial charge in [0.1, 0.15) is 0 Å². The lowest BCUT2D eigenvalue weighted by atomic mass is 10.2. The molecule has 0 aliphatic carbocycles. The number of hydrogen-bond acceptors (Lipinski definition) is 3. The van der Waals surface area contributed by atoms with Gasteiger partial charge in [0.2, 0.25) is 12.2 Å². The second-order valence-electron chi connectivity index (χ2n) is 3.53. The van der Waals surface area contributed by atoms with E-state index in [9.17, 15) is 0 Å². The molecule has 0 unspecified atom stereocenters. The second-order valence-corrected chi connectivity index (χ2v) is 4.63. The van der Waals surface area contributed by atoms with Crippen molar-refractivity contribution in [2.75, 3.05) is 19.3 Å². The predicted octanol–water partition coefficient (Wildman–Crippen LogP) is 1.65. The molecule has 0 saturated heterocycles. The third kappa shape index (κ3) is 5.27. The summed E-state index contributed by atoms with van der Waals surface area (Å²) in [5.41, 5.74) is 6.88. The number of hydrogen-bond donors (Lipinski definition) is 1. The number of nitrogens with two attached hydrogens (primary N) is 1. The molecule has 17 heavy (non-hydrogen) atoms. The number of aliphatic imine (C=N–C) groups is 1. The Morgan fingerprint density at radius 3 is 2.82 bits per heavy atom. The fraction of sp³-hybridized carbons (Fsp3) is 0.333. The molecular weight excluding hydrogens is 232 g/mol. The van der Waals surface area contributed by atoms with Gasteiger partial charge in [-0.2, -0.15) is 17.0 Å². The fourth-order valence-corrected chi connectivity index (χ4v) is 2.19. The van der Waals surface area contributed by atoms with Crippen molar-refractivity contribution in [2.24, 2.45) is 10.7 Å². The molecule has 1 aromatic carbocycles. The fourth-order valence-electron chi connectivity index (χ4n) is 1.22. The summed E-state index contributed by atoms with van der Waals surface area (Å²) < 4.78 is 0. The average molecular weight is 248 g/mol. The number of rotatable bonds is 5. The molecule has 5 heteroatoms. The highest BCUT2D eigenvalue weighted by atomic mass is 32.2. The Bertz CT molecular complexity index is 397. The number of nitriles is 1. The number of nitrogens with zero attached hydrogens (tertiary/aromatic N) is 3. The van der Waals surface area contributed by atoms with Crippen molar-refractivity contribution in [3.8, 4) is 6.19 Å². The molecule has 0 amide bonds. The molecule has 1 rings (SSSR count). The molecule has 0 fully saturated rings. The maximum absolute atomic E-state index is 8.36. The summed E-state index contributed by atoms with van der Waals surface area (Å²) in [6.45, 7) is 0.786. The topological polar surface area (TPSA) is 65.4 Å². The lowest BCUT2D eigenvalue weighted by Crippen LogP contribution is -2.35. The molecule has 1 aromatic rings. The minimum absolute atomic E-state index is 0.271. The molecule has 0 aliphatic rings. The molecular formula is C12H16N4S. The van der Waals surface area contributed by atoms with Gasteiger partial charge in [0, 0.05) is 25.1 Å². The lowest BCUT2D eigenvalue weighted by molar-refractivity contribution is 0.534. The summed E-state index contributed by atoms with van der Waals surface area (Å²) in [6, 6.07) is 10.3. The van der Waals surface area contributed by atoms with Gasteiger partial charge in [-0.3, -0.25) is 0 Å². The van der Waals surface area contributed by atoms with Gasteiger partial charge >= 0.3 is 0 Å². The van der Waals surface area contributed by atoms with Gasteiger partial charge in [-0.25, -0.2) is 0 Å². The average Bonchev–Trinajstić information content (AvgIpc) is 2.36. The normalized spacial score (nSPS) is 10.9. The second kappa shape index (κ2) is 7.58. The van der Waals surface area contributed by atoms with Gasteiger partial charge in [-0.15, -0.1) is 4.99 Å². The van der Waals surface area contributed by atoms with Crippen molar-refractivity contribution in [1.82, 2.24) is 4.90 Å². The van der Waals surface area contributed by atoms with Crippen molar-refractivity contribution in [2.45, 2.75) is 5.75 Å². The van der Waals surface area contributed by atoms with E-state index in [1.807, 2.05) is 37.0 Å². The summed E-state index contributed by atoms with van der Waals surface area (Å²) in [5.74, 6) is 2.21. The van der Waals surface area contributed by atoms with Crippen LogP contribution in [0.1, 0.15) is 5.56 Å². The first-order chi connectivity index (χ1) is 8.24. The zero-order valence-corrected chi connectivity index (χ0v) is 10.7. The van der Waals surface area contributed by atoms with Gasteiger partial charge in [-0.1, -0.05) is 30.3 Å². The summed E-state index contributed by atoms with van der Waals surface area (Å²) in [6.07, 6.45) is 1.68. The van der Waals surface area contributed by atoms with Crippen LogP contribution in [0.15, 0.2) is 35.3 Å². The summed E-state index contributed by atoms with van der Waals surface area (Å²) in [5, 5.41) is 8.36. The van der Waals surface area contributed by atoms with E-state index in [1.165, 1.54) is 5.56 Å². The molecule has 4 nitrogen and oxygen atoms in total. The Balaban J connectivity index is 2.21. The van der Waals surface area contributed by atoms with Gasteiger partial charge in [-0.05, 0) is 5.56 Å². The maximum atomic E-state index is 8.36. The monoisotopic (exact) mass is 248 g/mol. The molecule has 0 atom stereocenters. The largest absolute Gasteiger partial charge is 0.369 e. The standard InChI is InChI=1S/C12H16N4S/c1-16(12(14)15-10-13)7-8-17-9-11-5-3-2-4-6-11/h2-6H,7-9H2,1H3,(H2,14,15). The van der Waals surface area contributed by atoms with Crippen LogP contribution in [0.25, 0.3) is 0 Å². The van der Waals surface area contributed by atoms with Crippen molar-refractivity contribution >= 4 is 17.7 Å². The maximum Gasteiger partial charge on any atom is 0.209 e. The van der Waals surface area contributed by atoms with Gasteiger partial charge < -0.3 is 10.6 Å². The number of thioether (sulfide) groups is 1. The third-order valence-electron chi connectivity index (χ3n) is 2.24. The summed E-state index contributed by atoms with van der Waals surface area (Å²) in [4.78, 5) is 5.26. The predicted molar refractivity (Wildman–Crippen MR) is 72.5 cm³/mol. The van der Waals surface area contributed by atoms with Crippen LogP contribution in [0.5, 0.6) is 0 Å². The van der Waals surface area contributed by atoms with Crippen molar-refractivity contribution < 1.29 is 0 Å². The zero-order chi connectivity index (χ0) is 12.5. The summed E-state index contributed by atoms with van der Waals surface area (Å²) >= 11 is 1.84. The number of benzene rings is 1. The first kappa shape index (κ1) is 13.4. The Hall–Kier alpha value is -1.67. The highest BCUT2D eigenvalue weighted by molar-refractivity contribution is 7.98.